The van der Waals surface area contributed by atoms with E-state index in [0.717, 1.165) is 24.9 Å². The second kappa shape index (κ2) is 7.95. The molecular formula is C20H28N2O3S2. The number of hydrogen-bond acceptors (Lipinski definition) is 4. The third-order valence-corrected chi connectivity index (χ3v) is 8.72. The normalized spacial score (nSPS) is 26.4. The lowest BCUT2D eigenvalue weighted by Crippen LogP contribution is -2.39. The summed E-state index contributed by atoms with van der Waals surface area (Å²) in [6, 6.07) is 6.07. The summed E-state index contributed by atoms with van der Waals surface area (Å²) in [5.74, 6) is 0.0316. The van der Waals surface area contributed by atoms with E-state index in [1.54, 1.807) is 0 Å². The molecule has 0 spiro atoms. The number of nitrogens with zero attached hydrogens (tertiary/aromatic N) is 2. The van der Waals surface area contributed by atoms with Gasteiger partial charge in [-0.1, -0.05) is 57.7 Å². The minimum Gasteiger partial charge on any atom is -0.315 e. The highest BCUT2D eigenvalue weighted by atomic mass is 32.2. The third-order valence-electron chi connectivity index (χ3n) is 5.51. The molecule has 7 heteroatoms. The topological polar surface area (TPSA) is 66.8 Å². The van der Waals surface area contributed by atoms with Crippen LogP contribution in [-0.2, 0) is 27.5 Å². The van der Waals surface area contributed by atoms with Crippen molar-refractivity contribution in [1.29, 1.82) is 0 Å². The number of fused-ring (bicyclic) bond motifs is 1. The molecule has 0 aliphatic carbocycles. The van der Waals surface area contributed by atoms with Crippen molar-refractivity contribution in [2.75, 3.05) is 16.4 Å². The molecule has 1 aromatic rings. The highest BCUT2D eigenvalue weighted by molar-refractivity contribution is 8.16. The van der Waals surface area contributed by atoms with E-state index in [9.17, 15) is 13.2 Å². The minimum atomic E-state index is -3.06. The molecular weight excluding hydrogens is 380 g/mol. The Hall–Kier alpha value is -1.34. The number of thioether (sulfide) groups is 1. The number of amides is 1. The first-order valence-corrected chi connectivity index (χ1v) is 12.4. The summed E-state index contributed by atoms with van der Waals surface area (Å²) in [7, 11) is -3.06. The smallest absolute Gasteiger partial charge is 0.250 e. The standard InChI is InChI=1S/C20H28N2O3S2/c1-5-13(4)19(23)21-20-22(16-11-27(24,25)12-17(16)26-20)18-14(6-2)9-8-10-15(18)7-3/h8-10,13,16-17H,5-7,11-12H2,1-4H3/t13-,16+,17-/m0/s1. The molecule has 2 aliphatic heterocycles. The van der Waals surface area contributed by atoms with E-state index in [1.807, 2.05) is 19.9 Å². The number of sulfone groups is 1. The molecule has 0 bridgehead atoms. The summed E-state index contributed by atoms with van der Waals surface area (Å²) in [6.07, 6.45) is 2.44. The van der Waals surface area contributed by atoms with Crippen LogP contribution < -0.4 is 4.90 Å². The van der Waals surface area contributed by atoms with Gasteiger partial charge in [0.05, 0.1) is 17.5 Å². The molecule has 2 heterocycles. The van der Waals surface area contributed by atoms with Gasteiger partial charge in [0, 0.05) is 16.9 Å². The molecule has 0 aromatic heterocycles. The molecule has 0 unspecified atom stereocenters. The largest absolute Gasteiger partial charge is 0.315 e. The van der Waals surface area contributed by atoms with Crippen LogP contribution in [-0.4, -0.2) is 42.3 Å². The fourth-order valence-corrected chi connectivity index (χ4v) is 7.63. The highest BCUT2D eigenvalue weighted by Gasteiger charge is 2.50. The van der Waals surface area contributed by atoms with Crippen molar-refractivity contribution < 1.29 is 13.2 Å². The van der Waals surface area contributed by atoms with Crippen molar-refractivity contribution >= 4 is 38.4 Å². The molecule has 27 heavy (non-hydrogen) atoms. The average Bonchev–Trinajstić information content (AvgIpc) is 3.10. The molecule has 0 N–H and O–H groups in total. The zero-order chi connectivity index (χ0) is 19.8. The summed E-state index contributed by atoms with van der Waals surface area (Å²) in [5, 5.41) is 0.605. The van der Waals surface area contributed by atoms with Crippen LogP contribution in [0.2, 0.25) is 0 Å². The molecule has 5 nitrogen and oxygen atoms in total. The number of benzene rings is 1. The fourth-order valence-electron chi connectivity index (χ4n) is 3.73. The number of carbonyl (C=O) groups excluding carboxylic acids is 1. The van der Waals surface area contributed by atoms with Gasteiger partial charge in [-0.2, -0.15) is 4.99 Å². The molecule has 1 aromatic carbocycles. The van der Waals surface area contributed by atoms with E-state index < -0.39 is 9.84 Å². The molecule has 2 fully saturated rings. The van der Waals surface area contributed by atoms with Gasteiger partial charge >= 0.3 is 0 Å². The number of para-hydroxylation sites is 1. The van der Waals surface area contributed by atoms with Gasteiger partial charge in [-0.3, -0.25) is 4.79 Å². The van der Waals surface area contributed by atoms with Gasteiger partial charge < -0.3 is 4.90 Å². The third kappa shape index (κ3) is 3.94. The van der Waals surface area contributed by atoms with Crippen LogP contribution in [0.15, 0.2) is 23.2 Å². The Balaban J connectivity index is 2.12. The Morgan fingerprint density at radius 3 is 2.41 bits per heavy atom. The van der Waals surface area contributed by atoms with Crippen molar-refractivity contribution in [2.24, 2.45) is 10.9 Å². The molecule has 2 aliphatic rings. The lowest BCUT2D eigenvalue weighted by Gasteiger charge is -2.29. The number of carbonyl (C=O) groups is 1. The maximum atomic E-state index is 12.5. The zero-order valence-electron chi connectivity index (χ0n) is 16.4. The highest BCUT2D eigenvalue weighted by Crippen LogP contribution is 2.43. The number of amidine groups is 1. The number of rotatable bonds is 5. The molecule has 3 rings (SSSR count). The summed E-state index contributed by atoms with van der Waals surface area (Å²) >= 11 is 1.46. The Labute approximate surface area is 166 Å². The number of aryl methyl sites for hydroxylation is 2. The van der Waals surface area contributed by atoms with Gasteiger partial charge in [-0.05, 0) is 30.4 Å². The second-order valence-corrected chi connectivity index (χ2v) is 10.7. The van der Waals surface area contributed by atoms with E-state index >= 15 is 0 Å². The van der Waals surface area contributed by atoms with Gasteiger partial charge in [0.2, 0.25) is 0 Å². The van der Waals surface area contributed by atoms with Crippen LogP contribution in [0.5, 0.6) is 0 Å². The predicted octanol–water partition coefficient (Wildman–Crippen LogP) is 3.46. The Morgan fingerprint density at radius 1 is 1.22 bits per heavy atom. The molecule has 0 saturated carbocycles. The van der Waals surface area contributed by atoms with Crippen LogP contribution in [0.4, 0.5) is 5.69 Å². The van der Waals surface area contributed by atoms with E-state index in [4.69, 9.17) is 0 Å². The van der Waals surface area contributed by atoms with Crippen molar-refractivity contribution in [3.05, 3.63) is 29.3 Å². The minimum absolute atomic E-state index is 0.0619. The van der Waals surface area contributed by atoms with Crippen LogP contribution >= 0.6 is 11.8 Å². The maximum absolute atomic E-state index is 12.5. The van der Waals surface area contributed by atoms with Gasteiger partial charge in [0.15, 0.2) is 15.0 Å². The summed E-state index contributed by atoms with van der Waals surface area (Å²) in [5.41, 5.74) is 3.39. The number of anilines is 1. The molecule has 148 valence electrons. The number of aliphatic imine (C=N–C) groups is 1. The Morgan fingerprint density at radius 2 is 1.85 bits per heavy atom. The Bertz CT molecular complexity index is 842. The molecule has 1 amide bonds. The Kier molecular flexibility index (Phi) is 6.01. The lowest BCUT2D eigenvalue weighted by molar-refractivity contribution is -0.121. The molecule has 0 radical (unpaired) electrons. The van der Waals surface area contributed by atoms with Crippen molar-refractivity contribution in [1.82, 2.24) is 0 Å². The second-order valence-electron chi connectivity index (χ2n) is 7.34. The molecule has 2 saturated heterocycles. The van der Waals surface area contributed by atoms with Crippen LogP contribution in [0.25, 0.3) is 0 Å². The first kappa shape index (κ1) is 20.4. The van der Waals surface area contributed by atoms with Crippen LogP contribution in [0.1, 0.15) is 45.2 Å². The zero-order valence-corrected chi connectivity index (χ0v) is 18.1. The van der Waals surface area contributed by atoms with Gasteiger partial charge in [0.25, 0.3) is 5.91 Å². The predicted molar refractivity (Wildman–Crippen MR) is 113 cm³/mol. The SMILES string of the molecule is CCc1cccc(CC)c1N1C(=NC(=O)[C@@H](C)CC)S[C@H]2CS(=O)(=O)C[C@H]21. The van der Waals surface area contributed by atoms with Crippen LogP contribution in [0, 0.1) is 5.92 Å². The first-order chi connectivity index (χ1) is 12.8. The lowest BCUT2D eigenvalue weighted by atomic mass is 10.0. The number of hydrogen-bond donors (Lipinski definition) is 0. The van der Waals surface area contributed by atoms with Crippen molar-refractivity contribution in [3.63, 3.8) is 0 Å². The van der Waals surface area contributed by atoms with E-state index in [1.165, 1.54) is 22.9 Å². The van der Waals surface area contributed by atoms with Gasteiger partial charge in [0.1, 0.15) is 0 Å². The molecule has 3 atom stereocenters. The van der Waals surface area contributed by atoms with E-state index in [0.29, 0.717) is 5.17 Å². The first-order valence-electron chi connectivity index (χ1n) is 9.70. The van der Waals surface area contributed by atoms with Crippen molar-refractivity contribution in [2.45, 2.75) is 58.2 Å². The van der Waals surface area contributed by atoms with Crippen molar-refractivity contribution in [3.8, 4) is 0 Å². The summed E-state index contributed by atoms with van der Waals surface area (Å²) in [4.78, 5) is 19.0. The summed E-state index contributed by atoms with van der Waals surface area (Å²) < 4.78 is 24.5. The van der Waals surface area contributed by atoms with E-state index in [-0.39, 0.29) is 34.6 Å². The van der Waals surface area contributed by atoms with Gasteiger partial charge in [-0.25, -0.2) is 8.42 Å². The quantitative estimate of drug-likeness (QED) is 0.746. The average molecular weight is 409 g/mol. The summed E-state index contributed by atoms with van der Waals surface area (Å²) in [6.45, 7) is 8.07. The maximum Gasteiger partial charge on any atom is 0.250 e. The van der Waals surface area contributed by atoms with Gasteiger partial charge in [-0.15, -0.1) is 0 Å². The van der Waals surface area contributed by atoms with Crippen LogP contribution in [0.3, 0.4) is 0 Å². The van der Waals surface area contributed by atoms with E-state index in [2.05, 4.69) is 35.9 Å². The monoisotopic (exact) mass is 408 g/mol. The fraction of sp³-hybridized carbons (Fsp3) is 0.600.